The molecular formula is C14H24N4O2. The smallest absolute Gasteiger partial charge is 0.244 e. The fraction of sp³-hybridized carbons (Fsp3) is 0.571. The summed E-state index contributed by atoms with van der Waals surface area (Å²) in [4.78, 5) is 17.6. The molecular weight excluding hydrogens is 256 g/mol. The number of nitrogens with one attached hydrogen (secondary N) is 1. The van der Waals surface area contributed by atoms with Crippen molar-refractivity contribution in [3.05, 3.63) is 12.1 Å². The molecule has 0 fully saturated rings. The summed E-state index contributed by atoms with van der Waals surface area (Å²) in [7, 11) is 3.43. The second-order valence-electron chi connectivity index (χ2n) is 5.39. The summed E-state index contributed by atoms with van der Waals surface area (Å²) in [5, 5.41) is 3.04. The van der Waals surface area contributed by atoms with Crippen LogP contribution >= 0.6 is 0 Å². The Kier molecular flexibility index (Phi) is 5.61. The van der Waals surface area contributed by atoms with E-state index in [1.807, 2.05) is 0 Å². The molecule has 0 saturated heterocycles. The van der Waals surface area contributed by atoms with Gasteiger partial charge in [0.25, 0.3) is 0 Å². The Hall–Kier alpha value is -1.98. The van der Waals surface area contributed by atoms with Crippen molar-refractivity contribution in [3.8, 4) is 5.88 Å². The molecule has 6 nitrogen and oxygen atoms in total. The van der Waals surface area contributed by atoms with E-state index in [-0.39, 0.29) is 11.9 Å². The number of likely N-dealkylation sites (N-methyl/N-ethyl adjacent to an activating group) is 1. The lowest BCUT2D eigenvalue weighted by Crippen LogP contribution is -2.36. The van der Waals surface area contributed by atoms with Gasteiger partial charge in [-0.05, 0) is 25.0 Å². The van der Waals surface area contributed by atoms with Gasteiger partial charge >= 0.3 is 0 Å². The third kappa shape index (κ3) is 4.60. The minimum absolute atomic E-state index is 0.0201. The summed E-state index contributed by atoms with van der Waals surface area (Å²) in [6, 6.07) is 3.09. The Morgan fingerprint density at radius 3 is 2.60 bits per heavy atom. The fourth-order valence-corrected chi connectivity index (χ4v) is 1.56. The number of aromatic nitrogens is 1. The summed E-state index contributed by atoms with van der Waals surface area (Å²) in [6.07, 6.45) is 0. The van der Waals surface area contributed by atoms with Crippen LogP contribution in [0.25, 0.3) is 0 Å². The Labute approximate surface area is 120 Å². The monoisotopic (exact) mass is 280 g/mol. The molecule has 0 aliphatic carbocycles. The first-order valence-electron chi connectivity index (χ1n) is 6.68. The zero-order valence-corrected chi connectivity index (χ0v) is 12.8. The molecule has 1 atom stereocenters. The van der Waals surface area contributed by atoms with Gasteiger partial charge < -0.3 is 20.7 Å². The number of amides is 1. The van der Waals surface area contributed by atoms with Gasteiger partial charge in [0, 0.05) is 14.1 Å². The number of carbonyl (C=O) groups is 1. The maximum atomic E-state index is 11.8. The van der Waals surface area contributed by atoms with E-state index >= 15 is 0 Å². The van der Waals surface area contributed by atoms with Gasteiger partial charge in [-0.1, -0.05) is 13.8 Å². The molecule has 20 heavy (non-hydrogen) atoms. The summed E-state index contributed by atoms with van der Waals surface area (Å²) in [5.41, 5.74) is 6.31. The van der Waals surface area contributed by atoms with Crippen molar-refractivity contribution in [1.82, 2.24) is 9.88 Å². The van der Waals surface area contributed by atoms with Crippen LogP contribution in [0.5, 0.6) is 5.88 Å². The van der Waals surface area contributed by atoms with Gasteiger partial charge in [-0.25, -0.2) is 0 Å². The molecule has 0 aliphatic heterocycles. The van der Waals surface area contributed by atoms with E-state index in [9.17, 15) is 4.79 Å². The normalized spacial score (nSPS) is 12.1. The highest BCUT2D eigenvalue weighted by Gasteiger charge is 2.15. The van der Waals surface area contributed by atoms with Crippen LogP contribution in [0.4, 0.5) is 11.5 Å². The van der Waals surface area contributed by atoms with Crippen molar-refractivity contribution >= 4 is 17.4 Å². The standard InChI is InChI=1S/C14H24N4O2/c1-9(2)8-20-13-11(15)6-7-12(17-13)16-10(3)14(19)18(4)5/h6-7,9-10H,8,15H2,1-5H3,(H,16,17). The predicted molar refractivity (Wildman–Crippen MR) is 80.8 cm³/mol. The first-order valence-corrected chi connectivity index (χ1v) is 6.68. The molecule has 3 N–H and O–H groups in total. The average Bonchev–Trinajstić information content (AvgIpc) is 2.38. The highest BCUT2D eigenvalue weighted by Crippen LogP contribution is 2.21. The molecule has 6 heteroatoms. The maximum absolute atomic E-state index is 11.8. The molecule has 0 aromatic carbocycles. The van der Waals surface area contributed by atoms with Crippen LogP contribution in [0.1, 0.15) is 20.8 Å². The number of nitrogens with two attached hydrogens (primary N) is 1. The third-order valence-electron chi connectivity index (χ3n) is 2.62. The van der Waals surface area contributed by atoms with E-state index in [2.05, 4.69) is 24.1 Å². The Balaban J connectivity index is 2.76. The lowest BCUT2D eigenvalue weighted by molar-refractivity contribution is -0.129. The summed E-state index contributed by atoms with van der Waals surface area (Å²) in [6.45, 7) is 6.44. The minimum Gasteiger partial charge on any atom is -0.476 e. The summed E-state index contributed by atoms with van der Waals surface area (Å²) < 4.78 is 5.56. The summed E-state index contributed by atoms with van der Waals surface area (Å²) >= 11 is 0. The second kappa shape index (κ2) is 6.98. The van der Waals surface area contributed by atoms with Gasteiger partial charge in [-0.2, -0.15) is 4.98 Å². The molecule has 1 unspecified atom stereocenters. The molecule has 1 aromatic rings. The zero-order chi connectivity index (χ0) is 15.3. The first kappa shape index (κ1) is 16.1. The Morgan fingerprint density at radius 2 is 2.05 bits per heavy atom. The number of rotatable bonds is 6. The van der Waals surface area contributed by atoms with Gasteiger partial charge in [0.1, 0.15) is 11.9 Å². The molecule has 112 valence electrons. The predicted octanol–water partition coefficient (Wildman–Crippen LogP) is 1.59. The van der Waals surface area contributed by atoms with E-state index in [4.69, 9.17) is 10.5 Å². The minimum atomic E-state index is -0.362. The van der Waals surface area contributed by atoms with Crippen molar-refractivity contribution in [2.75, 3.05) is 31.8 Å². The van der Waals surface area contributed by atoms with Crippen molar-refractivity contribution in [2.24, 2.45) is 5.92 Å². The van der Waals surface area contributed by atoms with Crippen molar-refractivity contribution in [3.63, 3.8) is 0 Å². The number of pyridine rings is 1. The van der Waals surface area contributed by atoms with Crippen LogP contribution in [0.2, 0.25) is 0 Å². The van der Waals surface area contributed by atoms with E-state index in [0.717, 1.165) is 0 Å². The SMILES string of the molecule is CC(C)COc1nc(NC(C)C(=O)N(C)C)ccc1N. The number of nitrogens with zero attached hydrogens (tertiary/aromatic N) is 2. The van der Waals surface area contributed by atoms with Gasteiger partial charge in [0.05, 0.1) is 12.3 Å². The molecule has 0 spiro atoms. The lowest BCUT2D eigenvalue weighted by Gasteiger charge is -2.19. The summed E-state index contributed by atoms with van der Waals surface area (Å²) in [5.74, 6) is 1.34. The molecule has 1 aromatic heterocycles. The highest BCUT2D eigenvalue weighted by molar-refractivity contribution is 5.83. The van der Waals surface area contributed by atoms with Gasteiger partial charge in [-0.15, -0.1) is 0 Å². The zero-order valence-electron chi connectivity index (χ0n) is 12.8. The number of ether oxygens (including phenoxy) is 1. The van der Waals surface area contributed by atoms with Crippen LogP contribution in [0.15, 0.2) is 12.1 Å². The van der Waals surface area contributed by atoms with Crippen LogP contribution in [0, 0.1) is 5.92 Å². The number of hydrogen-bond acceptors (Lipinski definition) is 5. The molecule has 0 radical (unpaired) electrons. The van der Waals surface area contributed by atoms with Gasteiger partial charge in [0.15, 0.2) is 0 Å². The number of hydrogen-bond donors (Lipinski definition) is 2. The number of anilines is 2. The highest BCUT2D eigenvalue weighted by atomic mass is 16.5. The van der Waals surface area contributed by atoms with E-state index in [1.54, 1.807) is 33.2 Å². The third-order valence-corrected chi connectivity index (χ3v) is 2.62. The average molecular weight is 280 g/mol. The first-order chi connectivity index (χ1) is 9.31. The number of carbonyl (C=O) groups excluding carboxylic acids is 1. The molecule has 1 heterocycles. The molecule has 1 amide bonds. The topological polar surface area (TPSA) is 80.5 Å². The van der Waals surface area contributed by atoms with Crippen molar-refractivity contribution in [2.45, 2.75) is 26.8 Å². The largest absolute Gasteiger partial charge is 0.476 e. The van der Waals surface area contributed by atoms with Crippen LogP contribution in [0.3, 0.4) is 0 Å². The van der Waals surface area contributed by atoms with E-state index in [1.165, 1.54) is 4.90 Å². The lowest BCUT2D eigenvalue weighted by atomic mass is 10.2. The molecule has 0 saturated carbocycles. The van der Waals surface area contributed by atoms with Gasteiger partial charge in [0.2, 0.25) is 11.8 Å². The van der Waals surface area contributed by atoms with Crippen LogP contribution < -0.4 is 15.8 Å². The maximum Gasteiger partial charge on any atom is 0.244 e. The molecule has 1 rings (SSSR count). The number of nitrogen functional groups attached to an aromatic ring is 1. The van der Waals surface area contributed by atoms with Crippen molar-refractivity contribution in [1.29, 1.82) is 0 Å². The fourth-order valence-electron chi connectivity index (χ4n) is 1.56. The van der Waals surface area contributed by atoms with E-state index < -0.39 is 0 Å². The quantitative estimate of drug-likeness (QED) is 0.827. The second-order valence-corrected chi connectivity index (χ2v) is 5.39. The van der Waals surface area contributed by atoms with Crippen LogP contribution in [-0.4, -0.2) is 42.5 Å². The van der Waals surface area contributed by atoms with Crippen molar-refractivity contribution < 1.29 is 9.53 Å². The van der Waals surface area contributed by atoms with Gasteiger partial charge in [-0.3, -0.25) is 4.79 Å². The van der Waals surface area contributed by atoms with E-state index in [0.29, 0.717) is 29.9 Å². The Bertz CT molecular complexity index is 460. The molecule has 0 bridgehead atoms. The Morgan fingerprint density at radius 1 is 1.40 bits per heavy atom. The molecule has 0 aliphatic rings. The van der Waals surface area contributed by atoms with Crippen LogP contribution in [-0.2, 0) is 4.79 Å².